The molecule has 1 aromatic heterocycles. The van der Waals surface area contributed by atoms with Crippen molar-refractivity contribution in [2.24, 2.45) is 10.9 Å². The van der Waals surface area contributed by atoms with Gasteiger partial charge in [0.05, 0.1) is 20.3 Å². The molecular weight excluding hydrogens is 437 g/mol. The monoisotopic (exact) mass is 463 g/mol. The lowest BCUT2D eigenvalue weighted by Crippen LogP contribution is -2.24. The van der Waals surface area contributed by atoms with Gasteiger partial charge in [-0.05, 0) is 54.2 Å². The van der Waals surface area contributed by atoms with E-state index in [0.717, 1.165) is 12.8 Å². The Morgan fingerprint density at radius 1 is 1.26 bits per heavy atom. The van der Waals surface area contributed by atoms with E-state index in [9.17, 15) is 14.3 Å². The predicted octanol–water partition coefficient (Wildman–Crippen LogP) is 3.85. The third-order valence-corrected chi connectivity index (χ3v) is 5.53. The number of nitrogens with zero attached hydrogens (tertiary/aromatic N) is 2. The number of benzene rings is 1. The number of methoxy groups -OCH3 is 1. The summed E-state index contributed by atoms with van der Waals surface area (Å²) in [4.78, 5) is 21.8. The van der Waals surface area contributed by atoms with Crippen LogP contribution < -0.4 is 14.8 Å². The Morgan fingerprint density at radius 2 is 2.12 bits per heavy atom. The zero-order chi connectivity index (χ0) is 23.9. The van der Waals surface area contributed by atoms with Gasteiger partial charge in [0.15, 0.2) is 11.6 Å². The van der Waals surface area contributed by atoms with Gasteiger partial charge in [-0.15, -0.1) is 0 Å². The molecule has 176 valence electrons. The number of aromatic nitrogens is 1. The van der Waals surface area contributed by atoms with E-state index in [4.69, 9.17) is 9.47 Å². The summed E-state index contributed by atoms with van der Waals surface area (Å²) in [6.45, 7) is 0.414. The number of ether oxygens (including phenoxy) is 2. The topological polar surface area (TPSA) is 93.0 Å². The van der Waals surface area contributed by atoms with Gasteiger partial charge in [-0.2, -0.15) is 0 Å². The Labute approximate surface area is 197 Å². The van der Waals surface area contributed by atoms with Crippen LogP contribution in [0.5, 0.6) is 11.6 Å². The Bertz CT molecular complexity index is 1180. The lowest BCUT2D eigenvalue weighted by atomic mass is 9.98. The number of pyridine rings is 1. The number of aliphatic hydroxyl groups excluding tert-OH is 1. The van der Waals surface area contributed by atoms with E-state index in [2.05, 4.69) is 15.3 Å². The molecule has 0 unspecified atom stereocenters. The van der Waals surface area contributed by atoms with Gasteiger partial charge in [-0.1, -0.05) is 18.2 Å². The molecule has 2 aliphatic rings. The van der Waals surface area contributed by atoms with Crippen LogP contribution in [0.2, 0.25) is 0 Å². The fourth-order valence-electron chi connectivity index (χ4n) is 3.42. The third-order valence-electron chi connectivity index (χ3n) is 5.53. The number of hydrogen-bond acceptors (Lipinski definition) is 6. The number of rotatable bonds is 9. The van der Waals surface area contributed by atoms with Crippen LogP contribution in [0.3, 0.4) is 0 Å². The number of aliphatic imine (C=N–C) groups is 1. The Hall–Kier alpha value is -3.78. The van der Waals surface area contributed by atoms with E-state index >= 15 is 0 Å². The molecule has 0 saturated heterocycles. The second kappa shape index (κ2) is 10.9. The molecule has 4 rings (SSSR count). The first-order chi connectivity index (χ1) is 16.6. The van der Waals surface area contributed by atoms with Gasteiger partial charge >= 0.3 is 0 Å². The van der Waals surface area contributed by atoms with Crippen LogP contribution in [0, 0.1) is 11.7 Å². The van der Waals surface area contributed by atoms with Crippen LogP contribution in [-0.2, 0) is 6.54 Å². The molecule has 1 aromatic carbocycles. The quantitative estimate of drug-likeness (QED) is 0.589. The maximum Gasteiger partial charge on any atom is 0.257 e. The largest absolute Gasteiger partial charge is 0.494 e. The zero-order valence-electron chi connectivity index (χ0n) is 18.8. The number of aliphatic hydroxyl groups is 1. The van der Waals surface area contributed by atoms with Crippen molar-refractivity contribution in [3.63, 3.8) is 0 Å². The molecule has 2 N–H and O–H groups in total. The summed E-state index contributed by atoms with van der Waals surface area (Å²) in [6, 6.07) is 6.20. The lowest BCUT2D eigenvalue weighted by molar-refractivity contribution is 0.0945. The first-order valence-electron chi connectivity index (χ1n) is 11.0. The maximum absolute atomic E-state index is 14.0. The Kier molecular flexibility index (Phi) is 7.49. The summed E-state index contributed by atoms with van der Waals surface area (Å²) in [5.74, 6) is -0.0434. The Morgan fingerprint density at radius 3 is 2.85 bits per heavy atom. The smallest absolute Gasteiger partial charge is 0.257 e. The molecule has 1 aliphatic heterocycles. The molecule has 0 bridgehead atoms. The molecule has 7 nitrogen and oxygen atoms in total. The highest BCUT2D eigenvalue weighted by Crippen LogP contribution is 2.31. The molecule has 34 heavy (non-hydrogen) atoms. The molecule has 1 aliphatic carbocycles. The molecule has 2 heterocycles. The van der Waals surface area contributed by atoms with E-state index in [1.807, 2.05) is 0 Å². The van der Waals surface area contributed by atoms with Gasteiger partial charge < -0.3 is 19.9 Å². The summed E-state index contributed by atoms with van der Waals surface area (Å²) < 4.78 is 24.8. The summed E-state index contributed by atoms with van der Waals surface area (Å²) in [6.07, 6.45) is 12.4. The number of allylic oxidation sites excluding steroid dienone is 3. The second-order valence-electron chi connectivity index (χ2n) is 8.06. The van der Waals surface area contributed by atoms with E-state index in [0.29, 0.717) is 34.8 Å². The van der Waals surface area contributed by atoms with Gasteiger partial charge in [0.2, 0.25) is 5.88 Å². The number of hydrogen-bond donors (Lipinski definition) is 2. The third kappa shape index (κ3) is 5.77. The van der Waals surface area contributed by atoms with Crippen molar-refractivity contribution in [3.8, 4) is 11.6 Å². The van der Waals surface area contributed by atoms with Crippen LogP contribution in [0.4, 0.5) is 4.39 Å². The summed E-state index contributed by atoms with van der Waals surface area (Å²) >= 11 is 0. The van der Waals surface area contributed by atoms with Crippen molar-refractivity contribution in [2.45, 2.75) is 19.4 Å². The van der Waals surface area contributed by atoms with Gasteiger partial charge in [-0.3, -0.25) is 9.79 Å². The first kappa shape index (κ1) is 23.4. The summed E-state index contributed by atoms with van der Waals surface area (Å²) in [5.41, 5.74) is 2.75. The molecule has 1 fully saturated rings. The molecule has 2 aromatic rings. The fourth-order valence-corrected chi connectivity index (χ4v) is 3.42. The first-order valence-corrected chi connectivity index (χ1v) is 11.0. The number of nitrogens with one attached hydrogen (secondary N) is 1. The van der Waals surface area contributed by atoms with Gasteiger partial charge in [0.25, 0.3) is 5.91 Å². The normalized spacial score (nSPS) is 16.1. The van der Waals surface area contributed by atoms with E-state index in [1.54, 1.807) is 49.0 Å². The standard InChI is InChI=1S/C26H26FN3O4/c1-33-24-8-7-18(10-23(24)27)12-29-25(32)21-11-20(13-30-26(21)34-16-17-5-6-17)22-14-28-9-3-2-4-19(22)15-31/h2-4,7-11,13-14,17,31H,5-6,12,15-16H2,1H3,(H,29,32)/b3-2+,4-2?,9-3?,19-4?,22-14?,22-19?,28-9?,28-14?. The summed E-state index contributed by atoms with van der Waals surface area (Å²) in [5, 5.41) is 12.6. The Balaban J connectivity index is 1.60. The molecular formula is C26H26FN3O4. The van der Waals surface area contributed by atoms with E-state index < -0.39 is 11.7 Å². The minimum absolute atomic E-state index is 0.117. The summed E-state index contributed by atoms with van der Waals surface area (Å²) in [7, 11) is 1.40. The highest BCUT2D eigenvalue weighted by atomic mass is 19.1. The molecule has 0 spiro atoms. The molecule has 0 radical (unpaired) electrons. The molecule has 1 saturated carbocycles. The van der Waals surface area contributed by atoms with Crippen molar-refractivity contribution in [2.75, 3.05) is 20.3 Å². The molecule has 8 heteroatoms. The number of halogens is 1. The van der Waals surface area contributed by atoms with Crippen LogP contribution in [0.25, 0.3) is 5.57 Å². The van der Waals surface area contributed by atoms with Crippen molar-refractivity contribution < 1.29 is 23.8 Å². The number of carbonyl (C=O) groups is 1. The second-order valence-corrected chi connectivity index (χ2v) is 8.06. The number of carbonyl (C=O) groups excluding carboxylic acids is 1. The van der Waals surface area contributed by atoms with E-state index in [1.165, 1.54) is 19.2 Å². The highest BCUT2D eigenvalue weighted by Gasteiger charge is 2.24. The van der Waals surface area contributed by atoms with Crippen LogP contribution in [0.15, 0.2) is 65.5 Å². The average Bonchev–Trinajstić information content (AvgIpc) is 3.66. The molecule has 1 amide bonds. The van der Waals surface area contributed by atoms with Gasteiger partial charge in [-0.25, -0.2) is 9.37 Å². The van der Waals surface area contributed by atoms with Crippen LogP contribution in [-0.4, -0.2) is 42.5 Å². The van der Waals surface area contributed by atoms with Crippen molar-refractivity contribution >= 4 is 17.7 Å². The minimum Gasteiger partial charge on any atom is -0.494 e. The molecule has 0 atom stereocenters. The van der Waals surface area contributed by atoms with Crippen molar-refractivity contribution in [1.29, 1.82) is 0 Å². The van der Waals surface area contributed by atoms with Crippen molar-refractivity contribution in [3.05, 3.63) is 83.0 Å². The predicted molar refractivity (Wildman–Crippen MR) is 127 cm³/mol. The van der Waals surface area contributed by atoms with Crippen molar-refractivity contribution in [1.82, 2.24) is 10.3 Å². The van der Waals surface area contributed by atoms with E-state index in [-0.39, 0.29) is 30.3 Å². The lowest BCUT2D eigenvalue weighted by Gasteiger charge is -2.15. The SMILES string of the molecule is COc1ccc(CNC(=O)c2cc(C3=CN=C/C=C/C=C3CO)cnc2OCC2CC2)cc1F. The highest BCUT2D eigenvalue weighted by molar-refractivity contribution is 5.97. The zero-order valence-corrected chi connectivity index (χ0v) is 18.8. The van der Waals surface area contributed by atoms with Gasteiger partial charge in [0, 0.05) is 36.3 Å². The average molecular weight is 464 g/mol. The fraction of sp³-hybridized carbons (Fsp3) is 0.269. The minimum atomic E-state index is -0.500. The maximum atomic E-state index is 14.0. The number of amides is 1. The van der Waals surface area contributed by atoms with Crippen LogP contribution in [0.1, 0.15) is 34.3 Å². The van der Waals surface area contributed by atoms with Gasteiger partial charge in [0.1, 0.15) is 5.56 Å². The van der Waals surface area contributed by atoms with Crippen LogP contribution >= 0.6 is 0 Å².